The zero-order chi connectivity index (χ0) is 14.3. The molecular weight excluding hydrogens is 264 g/mol. The lowest BCUT2D eigenvalue weighted by molar-refractivity contribution is 0.399. The van der Waals surface area contributed by atoms with E-state index in [1.54, 1.807) is 7.05 Å². The summed E-state index contributed by atoms with van der Waals surface area (Å²) in [7, 11) is -1.81. The van der Waals surface area contributed by atoms with Crippen molar-refractivity contribution in [3.63, 3.8) is 0 Å². The van der Waals surface area contributed by atoms with Crippen LogP contribution in [0, 0.1) is 12.8 Å². The van der Waals surface area contributed by atoms with Gasteiger partial charge in [-0.25, -0.2) is 13.1 Å². The molecule has 1 saturated carbocycles. The first kappa shape index (κ1) is 14.5. The van der Waals surface area contributed by atoms with Crippen LogP contribution in [-0.4, -0.2) is 31.2 Å². The van der Waals surface area contributed by atoms with Crippen molar-refractivity contribution in [1.82, 2.24) is 20.2 Å². The van der Waals surface area contributed by atoms with E-state index in [1.165, 1.54) is 0 Å². The summed E-state index contributed by atoms with van der Waals surface area (Å²) in [6.07, 6.45) is 2.16. The molecule has 1 fully saturated rings. The lowest BCUT2D eigenvalue weighted by Crippen LogP contribution is -2.45. The first-order valence-electron chi connectivity index (χ1n) is 6.50. The zero-order valence-electron chi connectivity index (χ0n) is 11.9. The van der Waals surface area contributed by atoms with Crippen LogP contribution in [0.3, 0.4) is 0 Å². The second kappa shape index (κ2) is 4.88. The summed E-state index contributed by atoms with van der Waals surface area (Å²) in [6.45, 7) is 6.16. The van der Waals surface area contributed by atoms with Gasteiger partial charge in [0, 0.05) is 23.3 Å². The maximum atomic E-state index is 12.5. The topological polar surface area (TPSA) is 86.9 Å². The number of hydrogen-bond acceptors (Lipinski definition) is 4. The molecule has 0 amide bonds. The van der Waals surface area contributed by atoms with Crippen LogP contribution in [0.5, 0.6) is 0 Å². The lowest BCUT2D eigenvalue weighted by atomic mass is 10.0. The van der Waals surface area contributed by atoms with Gasteiger partial charge in [-0.05, 0) is 46.6 Å². The third-order valence-electron chi connectivity index (χ3n) is 3.64. The Hall–Kier alpha value is -0.920. The van der Waals surface area contributed by atoms with E-state index in [0.29, 0.717) is 18.0 Å². The molecule has 19 heavy (non-hydrogen) atoms. The summed E-state index contributed by atoms with van der Waals surface area (Å²) < 4.78 is 27.7. The quantitative estimate of drug-likeness (QED) is 0.725. The van der Waals surface area contributed by atoms with E-state index in [-0.39, 0.29) is 5.03 Å². The van der Waals surface area contributed by atoms with Crippen LogP contribution in [0.15, 0.2) is 5.03 Å². The molecule has 0 saturated heterocycles. The van der Waals surface area contributed by atoms with Crippen LogP contribution >= 0.6 is 0 Å². The van der Waals surface area contributed by atoms with Crippen LogP contribution in [0.25, 0.3) is 0 Å². The number of hydrogen-bond donors (Lipinski definition) is 3. The molecule has 0 spiro atoms. The second-order valence-electron chi connectivity index (χ2n) is 5.76. The highest BCUT2D eigenvalue weighted by atomic mass is 32.2. The van der Waals surface area contributed by atoms with Gasteiger partial charge in [-0.1, -0.05) is 0 Å². The van der Waals surface area contributed by atoms with Crippen molar-refractivity contribution in [2.45, 2.75) is 50.7 Å². The summed E-state index contributed by atoms with van der Waals surface area (Å²) >= 11 is 0. The van der Waals surface area contributed by atoms with E-state index in [2.05, 4.69) is 20.2 Å². The molecule has 6 nitrogen and oxygen atoms in total. The van der Waals surface area contributed by atoms with Crippen molar-refractivity contribution in [2.24, 2.45) is 5.92 Å². The van der Waals surface area contributed by atoms with E-state index < -0.39 is 15.6 Å². The van der Waals surface area contributed by atoms with Gasteiger partial charge in [-0.3, -0.25) is 5.10 Å². The van der Waals surface area contributed by atoms with Crippen molar-refractivity contribution in [1.29, 1.82) is 0 Å². The van der Waals surface area contributed by atoms with Crippen LogP contribution in [0.4, 0.5) is 0 Å². The summed E-state index contributed by atoms with van der Waals surface area (Å²) in [5.74, 6) is 0.426. The Morgan fingerprint density at radius 3 is 2.58 bits per heavy atom. The van der Waals surface area contributed by atoms with E-state index in [9.17, 15) is 8.42 Å². The molecule has 0 unspecified atom stereocenters. The van der Waals surface area contributed by atoms with Gasteiger partial charge in [0.1, 0.15) is 0 Å². The smallest absolute Gasteiger partial charge is 0.260 e. The summed E-state index contributed by atoms with van der Waals surface area (Å²) in [4.78, 5) is 0. The maximum Gasteiger partial charge on any atom is 0.260 e. The fourth-order valence-corrected chi connectivity index (χ4v) is 3.99. The maximum absolute atomic E-state index is 12.5. The fraction of sp³-hybridized carbons (Fsp3) is 0.750. The Morgan fingerprint density at radius 1 is 1.42 bits per heavy atom. The standard InChI is InChI=1S/C12H22N4O2S/c1-8-10(7-13-4)11(15-14-8)19(17,18)16-12(2,3)9-5-6-9/h9,13,16H,5-7H2,1-4H3,(H,14,15). The first-order valence-corrected chi connectivity index (χ1v) is 7.98. The van der Waals surface area contributed by atoms with Crippen LogP contribution < -0.4 is 10.0 Å². The van der Waals surface area contributed by atoms with Crippen LogP contribution in [-0.2, 0) is 16.6 Å². The predicted octanol–water partition coefficient (Wildman–Crippen LogP) is 0.904. The highest BCUT2D eigenvalue weighted by Gasteiger charge is 2.41. The van der Waals surface area contributed by atoms with E-state index in [0.717, 1.165) is 18.5 Å². The van der Waals surface area contributed by atoms with Crippen molar-refractivity contribution in [3.05, 3.63) is 11.3 Å². The van der Waals surface area contributed by atoms with Crippen molar-refractivity contribution in [2.75, 3.05) is 7.05 Å². The molecule has 7 heteroatoms. The number of H-pyrrole nitrogens is 1. The molecule has 2 rings (SSSR count). The Kier molecular flexibility index (Phi) is 3.72. The van der Waals surface area contributed by atoms with Gasteiger partial charge < -0.3 is 5.32 Å². The normalized spacial score (nSPS) is 16.8. The number of nitrogens with one attached hydrogen (secondary N) is 3. The molecular formula is C12H22N4O2S. The molecule has 0 atom stereocenters. The van der Waals surface area contributed by atoms with E-state index >= 15 is 0 Å². The second-order valence-corrected chi connectivity index (χ2v) is 7.36. The molecule has 0 radical (unpaired) electrons. The number of aromatic amines is 1. The van der Waals surface area contributed by atoms with Gasteiger partial charge in [0.25, 0.3) is 10.0 Å². The third-order valence-corrected chi connectivity index (χ3v) is 5.28. The lowest BCUT2D eigenvalue weighted by Gasteiger charge is -2.25. The summed E-state index contributed by atoms with van der Waals surface area (Å²) in [5, 5.41) is 9.78. The average Bonchev–Trinajstić information content (AvgIpc) is 3.05. The molecule has 1 aliphatic rings. The number of aryl methyl sites for hydroxylation is 1. The number of aromatic nitrogens is 2. The largest absolute Gasteiger partial charge is 0.316 e. The van der Waals surface area contributed by atoms with Crippen LogP contribution in [0.2, 0.25) is 0 Å². The van der Waals surface area contributed by atoms with Crippen molar-refractivity contribution in [3.8, 4) is 0 Å². The Morgan fingerprint density at radius 2 is 2.05 bits per heavy atom. The Balaban J connectivity index is 2.29. The van der Waals surface area contributed by atoms with E-state index in [1.807, 2.05) is 20.8 Å². The molecule has 108 valence electrons. The molecule has 1 heterocycles. The van der Waals surface area contributed by atoms with Crippen molar-refractivity contribution >= 4 is 10.0 Å². The monoisotopic (exact) mass is 286 g/mol. The third kappa shape index (κ3) is 2.98. The fourth-order valence-electron chi connectivity index (χ4n) is 2.32. The average molecular weight is 286 g/mol. The number of rotatable bonds is 6. The summed E-state index contributed by atoms with van der Waals surface area (Å²) in [6, 6.07) is 0. The summed E-state index contributed by atoms with van der Waals surface area (Å²) in [5.41, 5.74) is 1.06. The molecule has 0 bridgehead atoms. The highest BCUT2D eigenvalue weighted by molar-refractivity contribution is 7.89. The minimum Gasteiger partial charge on any atom is -0.316 e. The predicted molar refractivity (Wildman–Crippen MR) is 73.2 cm³/mol. The molecule has 1 aromatic rings. The first-order chi connectivity index (χ1) is 8.78. The van der Waals surface area contributed by atoms with E-state index in [4.69, 9.17) is 0 Å². The number of nitrogens with zero attached hydrogens (tertiary/aromatic N) is 1. The van der Waals surface area contributed by atoms with Gasteiger partial charge in [0.2, 0.25) is 0 Å². The SMILES string of the molecule is CNCc1c(S(=O)(=O)NC(C)(C)C2CC2)n[nH]c1C. The van der Waals surface area contributed by atoms with Gasteiger partial charge in [-0.2, -0.15) is 5.10 Å². The molecule has 0 aromatic carbocycles. The van der Waals surface area contributed by atoms with Gasteiger partial charge in [0.05, 0.1) is 0 Å². The molecule has 1 aliphatic carbocycles. The van der Waals surface area contributed by atoms with Gasteiger partial charge >= 0.3 is 0 Å². The van der Waals surface area contributed by atoms with Crippen LogP contribution in [0.1, 0.15) is 37.9 Å². The zero-order valence-corrected chi connectivity index (χ0v) is 12.7. The minimum atomic E-state index is -3.59. The van der Waals surface area contributed by atoms with Gasteiger partial charge in [-0.15, -0.1) is 0 Å². The van der Waals surface area contributed by atoms with Crippen molar-refractivity contribution < 1.29 is 8.42 Å². The highest BCUT2D eigenvalue weighted by Crippen LogP contribution is 2.40. The van der Waals surface area contributed by atoms with Gasteiger partial charge in [0.15, 0.2) is 5.03 Å². The Labute approximate surface area is 114 Å². The molecule has 0 aliphatic heterocycles. The number of sulfonamides is 1. The molecule has 3 N–H and O–H groups in total. The minimum absolute atomic E-state index is 0.105. The molecule has 1 aromatic heterocycles. The Bertz CT molecular complexity index is 558.